The number of methoxy groups -OCH3 is 1. The standard InChI is InChI=1S/C32H37FN4O2/c1-23-24(2)37(22-26-7-5-4-6-8-26)31-29(23)19-27(20-30(31)34-21-25-9-11-28(33)12-10-25)32(38)36-15-13-35(14-16-36)17-18-39-3/h4-12,19-20,34H,13-18,21-22H2,1-3H3. The summed E-state index contributed by atoms with van der Waals surface area (Å²) in [7, 11) is 1.72. The quantitative estimate of drug-likeness (QED) is 0.313. The summed E-state index contributed by atoms with van der Waals surface area (Å²) < 4.78 is 21.0. The number of ether oxygens (including phenoxy) is 1. The Bertz CT molecular complexity index is 1420. The van der Waals surface area contributed by atoms with Gasteiger partial charge in [0.2, 0.25) is 0 Å². The molecule has 0 atom stereocenters. The molecule has 3 aromatic carbocycles. The first-order valence-electron chi connectivity index (χ1n) is 13.6. The number of piperazine rings is 1. The van der Waals surface area contributed by atoms with Crippen molar-refractivity contribution in [3.8, 4) is 0 Å². The molecule has 1 saturated heterocycles. The van der Waals surface area contributed by atoms with E-state index in [1.165, 1.54) is 29.0 Å². The first kappa shape index (κ1) is 26.9. The maximum absolute atomic E-state index is 13.7. The van der Waals surface area contributed by atoms with Gasteiger partial charge in [-0.05, 0) is 54.8 Å². The molecule has 7 heteroatoms. The number of benzene rings is 3. The normalized spacial score (nSPS) is 14.2. The summed E-state index contributed by atoms with van der Waals surface area (Å²) in [5.41, 5.74) is 7.22. The van der Waals surface area contributed by atoms with Crippen LogP contribution in [0.5, 0.6) is 0 Å². The van der Waals surface area contributed by atoms with Crippen molar-refractivity contribution in [2.75, 3.05) is 51.8 Å². The molecule has 1 aromatic heterocycles. The Morgan fingerprint density at radius 3 is 2.36 bits per heavy atom. The van der Waals surface area contributed by atoms with Crippen LogP contribution in [0.4, 0.5) is 10.1 Å². The fraction of sp³-hybridized carbons (Fsp3) is 0.344. The highest BCUT2D eigenvalue weighted by molar-refractivity contribution is 6.04. The molecule has 1 fully saturated rings. The highest BCUT2D eigenvalue weighted by Gasteiger charge is 2.24. The van der Waals surface area contributed by atoms with Crippen LogP contribution in [0, 0.1) is 19.7 Å². The van der Waals surface area contributed by atoms with Crippen LogP contribution in [0.1, 0.15) is 32.7 Å². The number of halogens is 1. The third-order valence-electron chi connectivity index (χ3n) is 7.83. The number of rotatable bonds is 9. The Labute approximate surface area is 230 Å². The summed E-state index contributed by atoms with van der Waals surface area (Å²) in [6.07, 6.45) is 0. The summed E-state index contributed by atoms with van der Waals surface area (Å²) in [5.74, 6) is -0.194. The van der Waals surface area contributed by atoms with Crippen molar-refractivity contribution in [1.82, 2.24) is 14.4 Å². The van der Waals surface area contributed by atoms with Gasteiger partial charge in [-0.2, -0.15) is 0 Å². The van der Waals surface area contributed by atoms with Crippen LogP contribution >= 0.6 is 0 Å². The molecule has 0 bridgehead atoms. The van der Waals surface area contributed by atoms with E-state index in [1.807, 2.05) is 17.0 Å². The molecule has 5 rings (SSSR count). The molecule has 6 nitrogen and oxygen atoms in total. The van der Waals surface area contributed by atoms with Crippen LogP contribution in [0.2, 0.25) is 0 Å². The molecule has 0 aliphatic carbocycles. The zero-order valence-electron chi connectivity index (χ0n) is 23.0. The fourth-order valence-electron chi connectivity index (χ4n) is 5.38. The van der Waals surface area contributed by atoms with Gasteiger partial charge in [0.15, 0.2) is 0 Å². The molecular formula is C32H37FN4O2. The second-order valence-corrected chi connectivity index (χ2v) is 10.3. The van der Waals surface area contributed by atoms with E-state index in [-0.39, 0.29) is 11.7 Å². The molecule has 0 spiro atoms. The third-order valence-corrected chi connectivity index (χ3v) is 7.83. The molecule has 1 aliphatic heterocycles. The average molecular weight is 529 g/mol. The van der Waals surface area contributed by atoms with Gasteiger partial charge in [-0.3, -0.25) is 9.69 Å². The highest BCUT2D eigenvalue weighted by Crippen LogP contribution is 2.34. The second-order valence-electron chi connectivity index (χ2n) is 10.3. The van der Waals surface area contributed by atoms with E-state index in [4.69, 9.17) is 4.74 Å². The van der Waals surface area contributed by atoms with Crippen molar-refractivity contribution in [2.24, 2.45) is 0 Å². The molecule has 1 amide bonds. The predicted molar refractivity (Wildman–Crippen MR) is 155 cm³/mol. The zero-order valence-corrected chi connectivity index (χ0v) is 23.0. The van der Waals surface area contributed by atoms with Gasteiger partial charge >= 0.3 is 0 Å². The van der Waals surface area contributed by atoms with Crippen LogP contribution < -0.4 is 5.32 Å². The number of carbonyl (C=O) groups is 1. The fourth-order valence-corrected chi connectivity index (χ4v) is 5.38. The van der Waals surface area contributed by atoms with Gasteiger partial charge in [0.1, 0.15) is 5.82 Å². The van der Waals surface area contributed by atoms with Crippen molar-refractivity contribution in [2.45, 2.75) is 26.9 Å². The molecule has 204 valence electrons. The van der Waals surface area contributed by atoms with Gasteiger partial charge < -0.3 is 19.5 Å². The first-order valence-corrected chi connectivity index (χ1v) is 13.6. The molecule has 0 saturated carbocycles. The van der Waals surface area contributed by atoms with Gasteiger partial charge in [0.05, 0.1) is 17.8 Å². The van der Waals surface area contributed by atoms with Crippen LogP contribution in [-0.2, 0) is 17.8 Å². The molecule has 1 N–H and O–H groups in total. The monoisotopic (exact) mass is 528 g/mol. The summed E-state index contributed by atoms with van der Waals surface area (Å²) in [5, 5.41) is 4.66. The van der Waals surface area contributed by atoms with Gasteiger partial charge in [-0.25, -0.2) is 4.39 Å². The predicted octanol–water partition coefficient (Wildman–Crippen LogP) is 5.46. The number of anilines is 1. The van der Waals surface area contributed by atoms with Gasteiger partial charge in [0, 0.05) is 69.6 Å². The molecule has 1 aliphatic rings. The minimum Gasteiger partial charge on any atom is -0.383 e. The summed E-state index contributed by atoms with van der Waals surface area (Å²) in [4.78, 5) is 18.0. The number of amides is 1. The number of nitrogens with zero attached hydrogens (tertiary/aromatic N) is 3. The molecular weight excluding hydrogens is 491 g/mol. The van der Waals surface area contributed by atoms with Gasteiger partial charge in [-0.1, -0.05) is 42.5 Å². The van der Waals surface area contributed by atoms with Crippen molar-refractivity contribution in [1.29, 1.82) is 0 Å². The average Bonchev–Trinajstić information content (AvgIpc) is 3.20. The van der Waals surface area contributed by atoms with E-state index >= 15 is 0 Å². The summed E-state index contributed by atoms with van der Waals surface area (Å²) in [6.45, 7) is 10.2. The number of hydrogen-bond donors (Lipinski definition) is 1. The van der Waals surface area contributed by atoms with Crippen LogP contribution in [0.25, 0.3) is 10.9 Å². The number of hydrogen-bond acceptors (Lipinski definition) is 4. The molecule has 39 heavy (non-hydrogen) atoms. The minimum absolute atomic E-state index is 0.0565. The highest BCUT2D eigenvalue weighted by atomic mass is 19.1. The smallest absolute Gasteiger partial charge is 0.254 e. The van der Waals surface area contributed by atoms with Crippen molar-refractivity contribution < 1.29 is 13.9 Å². The maximum Gasteiger partial charge on any atom is 0.254 e. The van der Waals surface area contributed by atoms with Gasteiger partial charge in [-0.15, -0.1) is 0 Å². The topological polar surface area (TPSA) is 49.7 Å². The molecule has 2 heterocycles. The van der Waals surface area contributed by atoms with E-state index < -0.39 is 0 Å². The Balaban J connectivity index is 1.49. The third kappa shape index (κ3) is 6.00. The Morgan fingerprint density at radius 1 is 0.949 bits per heavy atom. The summed E-state index contributed by atoms with van der Waals surface area (Å²) >= 11 is 0. The number of nitrogens with one attached hydrogen (secondary N) is 1. The molecule has 0 radical (unpaired) electrons. The maximum atomic E-state index is 13.7. The molecule has 4 aromatic rings. The van der Waals surface area contributed by atoms with Crippen LogP contribution in [0.15, 0.2) is 66.7 Å². The summed E-state index contributed by atoms with van der Waals surface area (Å²) in [6, 6.07) is 21.0. The van der Waals surface area contributed by atoms with E-state index in [2.05, 4.69) is 59.0 Å². The lowest BCUT2D eigenvalue weighted by Gasteiger charge is -2.34. The van der Waals surface area contributed by atoms with Crippen molar-refractivity contribution >= 4 is 22.5 Å². The number of carbonyl (C=O) groups excluding carboxylic acids is 1. The van der Waals surface area contributed by atoms with Gasteiger partial charge in [0.25, 0.3) is 5.91 Å². The Kier molecular flexibility index (Phi) is 8.29. The second kappa shape index (κ2) is 12.0. The van der Waals surface area contributed by atoms with Crippen molar-refractivity contribution in [3.05, 3.63) is 100 Å². The Hall–Kier alpha value is -3.68. The SMILES string of the molecule is COCCN1CCN(C(=O)c2cc(NCc3ccc(F)cc3)c3c(c2)c(C)c(C)n3Cc2ccccc2)CC1. The van der Waals surface area contributed by atoms with E-state index in [0.717, 1.165) is 48.3 Å². The minimum atomic E-state index is -0.251. The molecule has 0 unspecified atom stereocenters. The first-order chi connectivity index (χ1) is 18.9. The van der Waals surface area contributed by atoms with E-state index in [9.17, 15) is 9.18 Å². The van der Waals surface area contributed by atoms with E-state index in [0.29, 0.717) is 31.8 Å². The van der Waals surface area contributed by atoms with Crippen LogP contribution in [-0.4, -0.2) is 66.7 Å². The lowest BCUT2D eigenvalue weighted by molar-refractivity contribution is 0.0594. The zero-order chi connectivity index (χ0) is 27.4. The largest absolute Gasteiger partial charge is 0.383 e. The van der Waals surface area contributed by atoms with E-state index in [1.54, 1.807) is 19.2 Å². The number of aryl methyl sites for hydroxylation is 1. The number of fused-ring (bicyclic) bond motifs is 1. The van der Waals surface area contributed by atoms with Crippen LogP contribution in [0.3, 0.4) is 0 Å². The lowest BCUT2D eigenvalue weighted by atomic mass is 10.1. The number of aromatic nitrogens is 1. The lowest BCUT2D eigenvalue weighted by Crippen LogP contribution is -2.49. The Morgan fingerprint density at radius 2 is 1.67 bits per heavy atom. The van der Waals surface area contributed by atoms with Crippen molar-refractivity contribution in [3.63, 3.8) is 0 Å².